The van der Waals surface area contributed by atoms with Gasteiger partial charge in [0.05, 0.1) is 17.8 Å². The highest BCUT2D eigenvalue weighted by Gasteiger charge is 2.23. The van der Waals surface area contributed by atoms with Crippen LogP contribution in [0.1, 0.15) is 18.9 Å². The number of anilines is 1. The van der Waals surface area contributed by atoms with Gasteiger partial charge < -0.3 is 14.8 Å². The highest BCUT2D eigenvalue weighted by Crippen LogP contribution is 2.22. The first-order chi connectivity index (χ1) is 12.6. The third-order valence-corrected chi connectivity index (χ3v) is 5.74. The highest BCUT2D eigenvalue weighted by atomic mass is 79.9. The monoisotopic (exact) mass is 436 g/mol. The molecule has 1 aliphatic rings. The molecule has 6 nitrogen and oxygen atoms in total. The first-order valence-electron chi connectivity index (χ1n) is 8.50. The number of piperidine rings is 1. The Kier molecular flexibility index (Phi) is 6.73. The molecular formula is C18H21BrN4O2S. The zero-order valence-corrected chi connectivity index (χ0v) is 16.7. The van der Waals surface area contributed by atoms with E-state index in [-0.39, 0.29) is 17.6 Å². The van der Waals surface area contributed by atoms with Crippen molar-refractivity contribution < 1.29 is 9.59 Å². The zero-order valence-electron chi connectivity index (χ0n) is 14.3. The molecule has 1 saturated heterocycles. The SMILES string of the molecule is O=C(CSCC(=O)N1CCC(n2ccnc2)CC1)Nc1cccc(Br)c1. The van der Waals surface area contributed by atoms with E-state index in [9.17, 15) is 9.59 Å². The lowest BCUT2D eigenvalue weighted by atomic mass is 10.1. The number of carbonyl (C=O) groups is 2. The second-order valence-electron chi connectivity index (χ2n) is 6.17. The number of imidazole rings is 1. The molecule has 8 heteroatoms. The van der Waals surface area contributed by atoms with Crippen LogP contribution in [-0.2, 0) is 9.59 Å². The minimum atomic E-state index is -0.0975. The van der Waals surface area contributed by atoms with E-state index in [1.807, 2.05) is 41.7 Å². The lowest BCUT2D eigenvalue weighted by Gasteiger charge is -2.32. The van der Waals surface area contributed by atoms with Crippen LogP contribution in [0.2, 0.25) is 0 Å². The number of halogens is 1. The molecular weight excluding hydrogens is 416 g/mol. The molecule has 138 valence electrons. The average molecular weight is 437 g/mol. The van der Waals surface area contributed by atoms with Crippen molar-refractivity contribution in [2.24, 2.45) is 0 Å². The van der Waals surface area contributed by atoms with E-state index in [1.165, 1.54) is 11.8 Å². The Bertz CT molecular complexity index is 745. The smallest absolute Gasteiger partial charge is 0.234 e. The molecule has 0 atom stereocenters. The molecule has 1 aromatic carbocycles. The second-order valence-corrected chi connectivity index (χ2v) is 8.07. The Labute approximate surface area is 165 Å². The molecule has 2 heterocycles. The van der Waals surface area contributed by atoms with Crippen molar-refractivity contribution in [3.63, 3.8) is 0 Å². The van der Waals surface area contributed by atoms with Crippen molar-refractivity contribution in [3.05, 3.63) is 47.5 Å². The van der Waals surface area contributed by atoms with Crippen molar-refractivity contribution in [2.45, 2.75) is 18.9 Å². The van der Waals surface area contributed by atoms with Gasteiger partial charge in [0.2, 0.25) is 11.8 Å². The standard InChI is InChI=1S/C18H21BrN4O2S/c19-14-2-1-3-15(10-14)21-17(24)11-26-12-18(25)22-7-4-16(5-8-22)23-9-6-20-13-23/h1-3,6,9-10,13,16H,4-5,7-8,11-12H2,(H,21,24). The molecule has 0 radical (unpaired) electrons. The number of nitrogens with one attached hydrogen (secondary N) is 1. The number of nitrogens with zero attached hydrogens (tertiary/aromatic N) is 3. The molecule has 26 heavy (non-hydrogen) atoms. The highest BCUT2D eigenvalue weighted by molar-refractivity contribution is 9.10. The number of thioether (sulfide) groups is 1. The number of hydrogen-bond acceptors (Lipinski definition) is 4. The number of benzene rings is 1. The molecule has 2 amide bonds. The summed E-state index contributed by atoms with van der Waals surface area (Å²) in [7, 11) is 0. The van der Waals surface area contributed by atoms with Crippen molar-refractivity contribution >= 4 is 45.2 Å². The van der Waals surface area contributed by atoms with Crippen LogP contribution < -0.4 is 5.32 Å². The van der Waals surface area contributed by atoms with Crippen molar-refractivity contribution in [1.29, 1.82) is 0 Å². The average Bonchev–Trinajstić information content (AvgIpc) is 3.16. The Balaban J connectivity index is 1.36. The molecule has 0 spiro atoms. The van der Waals surface area contributed by atoms with Gasteiger partial charge in [-0.3, -0.25) is 9.59 Å². The Morgan fingerprint density at radius 3 is 2.77 bits per heavy atom. The van der Waals surface area contributed by atoms with Crippen LogP contribution in [-0.4, -0.2) is 50.9 Å². The van der Waals surface area contributed by atoms with Crippen molar-refractivity contribution in [1.82, 2.24) is 14.5 Å². The van der Waals surface area contributed by atoms with Gasteiger partial charge in [-0.1, -0.05) is 22.0 Å². The fourth-order valence-corrected chi connectivity index (χ4v) is 4.10. The van der Waals surface area contributed by atoms with Crippen LogP contribution in [0.5, 0.6) is 0 Å². The summed E-state index contributed by atoms with van der Waals surface area (Å²) in [5, 5.41) is 2.83. The van der Waals surface area contributed by atoms with E-state index in [1.54, 1.807) is 6.20 Å². The molecule has 1 N–H and O–H groups in total. The Hall–Kier alpha value is -1.80. The first kappa shape index (κ1) is 19.0. The van der Waals surface area contributed by atoms with Gasteiger partial charge in [0.25, 0.3) is 0 Å². The summed E-state index contributed by atoms with van der Waals surface area (Å²) >= 11 is 4.73. The number of amides is 2. The van der Waals surface area contributed by atoms with Gasteiger partial charge in [-0.25, -0.2) is 4.98 Å². The first-order valence-corrected chi connectivity index (χ1v) is 10.4. The largest absolute Gasteiger partial charge is 0.342 e. The molecule has 1 aliphatic heterocycles. The van der Waals surface area contributed by atoms with Crippen LogP contribution in [0.15, 0.2) is 47.5 Å². The zero-order chi connectivity index (χ0) is 18.4. The number of hydrogen-bond donors (Lipinski definition) is 1. The summed E-state index contributed by atoms with van der Waals surface area (Å²) < 4.78 is 3.03. The molecule has 3 rings (SSSR count). The van der Waals surface area contributed by atoms with Gasteiger partial charge in [0.15, 0.2) is 0 Å². The van der Waals surface area contributed by atoms with Crippen LogP contribution in [0.3, 0.4) is 0 Å². The topological polar surface area (TPSA) is 67.2 Å². The molecule has 0 saturated carbocycles. The lowest BCUT2D eigenvalue weighted by Crippen LogP contribution is -2.40. The number of likely N-dealkylation sites (tertiary alicyclic amines) is 1. The van der Waals surface area contributed by atoms with Crippen LogP contribution in [0, 0.1) is 0 Å². The molecule has 0 unspecified atom stereocenters. The van der Waals surface area contributed by atoms with Gasteiger partial charge in [-0.05, 0) is 31.0 Å². The number of rotatable bonds is 6. The Morgan fingerprint density at radius 2 is 2.08 bits per heavy atom. The molecule has 1 aromatic heterocycles. The third-order valence-electron chi connectivity index (χ3n) is 4.33. The van der Waals surface area contributed by atoms with E-state index >= 15 is 0 Å². The molecule has 0 bridgehead atoms. The number of aromatic nitrogens is 2. The fourth-order valence-electron chi connectivity index (χ4n) is 2.98. The summed E-state index contributed by atoms with van der Waals surface area (Å²) in [5.74, 6) is 0.611. The summed E-state index contributed by atoms with van der Waals surface area (Å²) in [5.41, 5.74) is 0.748. The summed E-state index contributed by atoms with van der Waals surface area (Å²) in [4.78, 5) is 30.3. The van der Waals surface area contributed by atoms with E-state index in [0.29, 0.717) is 11.8 Å². The molecule has 0 aliphatic carbocycles. The maximum Gasteiger partial charge on any atom is 0.234 e. The van der Waals surface area contributed by atoms with E-state index in [4.69, 9.17) is 0 Å². The maximum absolute atomic E-state index is 12.3. The van der Waals surface area contributed by atoms with Crippen LogP contribution in [0.4, 0.5) is 5.69 Å². The van der Waals surface area contributed by atoms with Crippen molar-refractivity contribution in [3.8, 4) is 0 Å². The van der Waals surface area contributed by atoms with Gasteiger partial charge >= 0.3 is 0 Å². The van der Waals surface area contributed by atoms with Gasteiger partial charge in [0, 0.05) is 41.7 Å². The van der Waals surface area contributed by atoms with E-state index in [2.05, 4.69) is 30.8 Å². The van der Waals surface area contributed by atoms with Gasteiger partial charge in [-0.2, -0.15) is 0 Å². The minimum Gasteiger partial charge on any atom is -0.342 e. The summed E-state index contributed by atoms with van der Waals surface area (Å²) in [6.45, 7) is 1.51. The van der Waals surface area contributed by atoms with Crippen molar-refractivity contribution in [2.75, 3.05) is 29.9 Å². The van der Waals surface area contributed by atoms with Crippen LogP contribution >= 0.6 is 27.7 Å². The van der Waals surface area contributed by atoms with Crippen LogP contribution in [0.25, 0.3) is 0 Å². The lowest BCUT2D eigenvalue weighted by molar-refractivity contribution is -0.129. The van der Waals surface area contributed by atoms with Gasteiger partial charge in [0.1, 0.15) is 0 Å². The third kappa shape index (κ3) is 5.35. The molecule has 2 aromatic rings. The van der Waals surface area contributed by atoms with E-state index < -0.39 is 0 Å². The van der Waals surface area contributed by atoms with E-state index in [0.717, 1.165) is 36.1 Å². The fraction of sp³-hybridized carbons (Fsp3) is 0.389. The molecule has 1 fully saturated rings. The minimum absolute atomic E-state index is 0.0975. The second kappa shape index (κ2) is 9.23. The predicted octanol–water partition coefficient (Wildman–Crippen LogP) is 3.18. The predicted molar refractivity (Wildman–Crippen MR) is 107 cm³/mol. The van der Waals surface area contributed by atoms with Gasteiger partial charge in [-0.15, -0.1) is 11.8 Å². The number of carbonyl (C=O) groups excluding carboxylic acids is 2. The summed E-state index contributed by atoms with van der Waals surface area (Å²) in [6.07, 6.45) is 7.48. The summed E-state index contributed by atoms with van der Waals surface area (Å²) in [6, 6.07) is 7.87. The quantitative estimate of drug-likeness (QED) is 0.754. The maximum atomic E-state index is 12.3. The Morgan fingerprint density at radius 1 is 1.27 bits per heavy atom. The normalized spacial score (nSPS) is 15.0.